The fraction of sp³-hybridized carbons (Fsp3) is 0.612. The molecule has 5 rings (SSSR count). The molecule has 8 amide bonds. The number of aliphatic hydroxyl groups is 1. The molecular formula is C49H76N16O11. The monoisotopic (exact) mass is 1060 g/mol. The van der Waals surface area contributed by atoms with Gasteiger partial charge in [-0.3, -0.25) is 48.3 Å². The van der Waals surface area contributed by atoms with Crippen LogP contribution in [0.4, 0.5) is 0 Å². The first-order valence-corrected chi connectivity index (χ1v) is 25.8. The van der Waals surface area contributed by atoms with Gasteiger partial charge in [0.25, 0.3) is 0 Å². The smallest absolute Gasteiger partial charge is 0.326 e. The van der Waals surface area contributed by atoms with E-state index >= 15 is 0 Å². The molecule has 2 aromatic rings. The molecule has 0 spiro atoms. The Hall–Kier alpha value is -7.55. The van der Waals surface area contributed by atoms with Crippen LogP contribution in [-0.2, 0) is 49.6 Å². The number of para-hydroxylation sites is 1. The summed E-state index contributed by atoms with van der Waals surface area (Å²) in [7, 11) is 0. The highest BCUT2D eigenvalue weighted by Gasteiger charge is 2.44. The summed E-state index contributed by atoms with van der Waals surface area (Å²) in [4.78, 5) is 137. The van der Waals surface area contributed by atoms with Crippen LogP contribution in [-0.4, -0.2) is 189 Å². The zero-order valence-electron chi connectivity index (χ0n) is 43.2. The lowest BCUT2D eigenvalue weighted by molar-refractivity contribution is -0.147. The maximum Gasteiger partial charge on any atom is 0.326 e. The van der Waals surface area contributed by atoms with E-state index in [0.29, 0.717) is 63.6 Å². The van der Waals surface area contributed by atoms with Crippen molar-refractivity contribution in [2.24, 2.45) is 44.6 Å². The molecule has 0 radical (unpaired) electrons. The van der Waals surface area contributed by atoms with Crippen LogP contribution < -0.4 is 55.3 Å². The maximum absolute atomic E-state index is 14.2. The van der Waals surface area contributed by atoms with Gasteiger partial charge in [-0.2, -0.15) is 0 Å². The van der Waals surface area contributed by atoms with Crippen molar-refractivity contribution in [1.29, 1.82) is 0 Å². The highest BCUT2D eigenvalue weighted by Crippen LogP contribution is 2.26. The number of hydrogen-bond acceptors (Lipinski definition) is 13. The number of carboxylic acid groups (broad SMARTS) is 1. The predicted molar refractivity (Wildman–Crippen MR) is 279 cm³/mol. The summed E-state index contributed by atoms with van der Waals surface area (Å²) in [5.74, 6) is -6.97. The number of carbonyl (C=O) groups is 9. The first-order valence-electron chi connectivity index (χ1n) is 25.8. The minimum Gasteiger partial charge on any atom is -0.480 e. The molecular weight excluding hydrogens is 989 g/mol. The third kappa shape index (κ3) is 16.5. The standard InChI is InChI=1S/C49H76N16O11/c1-27(2)22-33(40(68)60-32(47(75)76)13-6-18-56-49(53)54)61-43(71)37-15-8-19-63(37)45(73)35(26-66)62-41(69)34(23-28-24-57-31-12-4-3-10-29(28)31)59-39(67)25-58-42(70)36-14-7-20-64(36)46(74)38-16-9-21-65(38)44(72)30(50)11-5-17-55-48(51)52/h3-4,10,12,24,27,30,32-38,57,66H,5-9,11,13-23,25-26,50H2,1-2H3,(H,58,70)(H,59,67)(H,60,68)(H,61,71)(H,62,69)(H,75,76)(H4,51,52,55)(H4,53,54,56)/t30-,32-,33-,34-,35-,36-,37-,38-/m0/s1. The molecule has 8 atom stereocenters. The summed E-state index contributed by atoms with van der Waals surface area (Å²) in [6.07, 6.45) is 4.98. The number of nitrogens with one attached hydrogen (secondary N) is 6. The van der Waals surface area contributed by atoms with Crippen LogP contribution in [0.1, 0.15) is 90.0 Å². The minimum atomic E-state index is -1.59. The summed E-state index contributed by atoms with van der Waals surface area (Å²) in [6.45, 7) is 3.19. The molecule has 27 nitrogen and oxygen atoms in total. The topological polar surface area (TPSA) is 435 Å². The Morgan fingerprint density at radius 1 is 0.697 bits per heavy atom. The Morgan fingerprint density at radius 2 is 1.26 bits per heavy atom. The third-order valence-corrected chi connectivity index (χ3v) is 13.7. The van der Waals surface area contributed by atoms with Gasteiger partial charge in [-0.1, -0.05) is 32.0 Å². The first-order chi connectivity index (χ1) is 36.2. The number of carbonyl (C=O) groups excluding carboxylic acids is 8. The molecule has 76 heavy (non-hydrogen) atoms. The largest absolute Gasteiger partial charge is 0.480 e. The second-order valence-electron chi connectivity index (χ2n) is 19.8. The molecule has 3 aliphatic rings. The molecule has 1 aromatic heterocycles. The van der Waals surface area contributed by atoms with Crippen LogP contribution in [0, 0.1) is 5.92 Å². The number of aromatic amines is 1. The number of nitrogens with zero attached hydrogens (tertiary/aromatic N) is 5. The van der Waals surface area contributed by atoms with Crippen LogP contribution in [0.15, 0.2) is 40.4 Å². The summed E-state index contributed by atoms with van der Waals surface area (Å²) < 4.78 is 0. The van der Waals surface area contributed by atoms with Gasteiger partial charge in [-0.15, -0.1) is 0 Å². The molecule has 0 bridgehead atoms. The van der Waals surface area contributed by atoms with Gasteiger partial charge in [0.05, 0.1) is 19.2 Å². The zero-order chi connectivity index (χ0) is 55.6. The van der Waals surface area contributed by atoms with Crippen molar-refractivity contribution in [3.63, 3.8) is 0 Å². The van der Waals surface area contributed by atoms with Crippen LogP contribution >= 0.6 is 0 Å². The zero-order valence-corrected chi connectivity index (χ0v) is 43.2. The van der Waals surface area contributed by atoms with E-state index in [2.05, 4.69) is 41.6 Å². The van der Waals surface area contributed by atoms with E-state index in [1.54, 1.807) is 12.3 Å². The van der Waals surface area contributed by atoms with Crippen molar-refractivity contribution >= 4 is 76.0 Å². The van der Waals surface area contributed by atoms with E-state index in [1.165, 1.54) is 14.7 Å². The molecule has 3 saturated heterocycles. The normalized spacial score (nSPS) is 19.2. The number of guanidine groups is 2. The maximum atomic E-state index is 14.2. The molecule has 418 valence electrons. The molecule has 18 N–H and O–H groups in total. The SMILES string of the molecule is CC(C)C[C@H](NC(=O)[C@@H]1CCCN1C(=O)[C@H](CO)NC(=O)[C@H](Cc1c[nH]c2ccccc12)NC(=O)CNC(=O)[C@@H]1CCCN1C(=O)[C@@H]1CCCN1C(=O)[C@@H](N)CCCN=C(N)N)C(=O)N[C@@H](CCCN=C(N)N)C(=O)O. The molecule has 1 aromatic carbocycles. The Bertz CT molecular complexity index is 2460. The number of aliphatic hydroxyl groups excluding tert-OH is 1. The average Bonchev–Trinajstić information content (AvgIpc) is 4.23. The lowest BCUT2D eigenvalue weighted by Crippen LogP contribution is -2.60. The third-order valence-electron chi connectivity index (χ3n) is 13.7. The number of H-pyrrole nitrogens is 1. The fourth-order valence-corrected chi connectivity index (χ4v) is 9.86. The molecule has 0 aliphatic carbocycles. The van der Waals surface area contributed by atoms with E-state index in [4.69, 9.17) is 28.7 Å². The predicted octanol–water partition coefficient (Wildman–Crippen LogP) is -3.70. The van der Waals surface area contributed by atoms with Crippen molar-refractivity contribution in [1.82, 2.24) is 46.3 Å². The number of hydrogen-bond donors (Lipinski definition) is 13. The fourth-order valence-electron chi connectivity index (χ4n) is 9.86. The minimum absolute atomic E-state index is 0.000307. The summed E-state index contributed by atoms with van der Waals surface area (Å²) in [5.41, 5.74) is 29.0. The number of amides is 8. The van der Waals surface area contributed by atoms with Crippen LogP contribution in [0.25, 0.3) is 10.9 Å². The lowest BCUT2D eigenvalue weighted by Gasteiger charge is -2.32. The number of aromatic nitrogens is 1. The number of aliphatic imine (C=N–C) groups is 2. The van der Waals surface area contributed by atoms with Gasteiger partial charge < -0.3 is 85.1 Å². The van der Waals surface area contributed by atoms with Crippen molar-refractivity contribution in [2.45, 2.75) is 139 Å². The quantitative estimate of drug-likeness (QED) is 0.0233. The molecule has 4 heterocycles. The summed E-state index contributed by atoms with van der Waals surface area (Å²) in [5, 5.41) is 34.1. The van der Waals surface area contributed by atoms with Gasteiger partial charge in [-0.25, -0.2) is 4.79 Å². The number of carboxylic acids is 1. The highest BCUT2D eigenvalue weighted by atomic mass is 16.4. The number of rotatable bonds is 27. The molecule has 3 aliphatic heterocycles. The van der Waals surface area contributed by atoms with E-state index in [-0.39, 0.29) is 75.5 Å². The van der Waals surface area contributed by atoms with Crippen molar-refractivity contribution in [3.8, 4) is 0 Å². The molecule has 0 saturated carbocycles. The van der Waals surface area contributed by atoms with Gasteiger partial charge in [0.15, 0.2) is 11.9 Å². The second-order valence-corrected chi connectivity index (χ2v) is 19.8. The molecule has 3 fully saturated rings. The Labute approximate surface area is 440 Å². The van der Waals surface area contributed by atoms with E-state index < -0.39 is 109 Å². The number of fused-ring (bicyclic) bond motifs is 1. The molecule has 27 heteroatoms. The number of benzene rings is 1. The average molecular weight is 1070 g/mol. The Balaban J connectivity index is 1.23. The summed E-state index contributed by atoms with van der Waals surface area (Å²) in [6, 6.07) is -1.96. The van der Waals surface area contributed by atoms with Crippen molar-refractivity contribution < 1.29 is 53.4 Å². The second kappa shape index (κ2) is 28.4. The molecule has 0 unspecified atom stereocenters. The van der Waals surface area contributed by atoms with Gasteiger partial charge in [-0.05, 0) is 88.2 Å². The van der Waals surface area contributed by atoms with E-state index in [1.807, 2.05) is 32.0 Å². The van der Waals surface area contributed by atoms with Crippen LogP contribution in [0.5, 0.6) is 0 Å². The first kappa shape index (κ1) is 59.3. The van der Waals surface area contributed by atoms with Gasteiger partial charge in [0, 0.05) is 56.2 Å². The van der Waals surface area contributed by atoms with Crippen molar-refractivity contribution in [3.05, 3.63) is 36.0 Å². The number of aliphatic carboxylic acids is 1. The van der Waals surface area contributed by atoms with Crippen LogP contribution in [0.3, 0.4) is 0 Å². The van der Waals surface area contributed by atoms with Crippen molar-refractivity contribution in [2.75, 3.05) is 45.9 Å². The Kier molecular flexibility index (Phi) is 22.2. The van der Waals surface area contributed by atoms with Crippen LogP contribution in [0.2, 0.25) is 0 Å². The van der Waals surface area contributed by atoms with Gasteiger partial charge >= 0.3 is 5.97 Å². The number of nitrogens with two attached hydrogens (primary N) is 5. The van der Waals surface area contributed by atoms with E-state index in [9.17, 15) is 53.4 Å². The Morgan fingerprint density at radius 3 is 1.88 bits per heavy atom. The van der Waals surface area contributed by atoms with E-state index in [0.717, 1.165) is 10.9 Å². The number of likely N-dealkylation sites (tertiary alicyclic amines) is 3. The summed E-state index contributed by atoms with van der Waals surface area (Å²) >= 11 is 0. The van der Waals surface area contributed by atoms with Gasteiger partial charge in [0.2, 0.25) is 47.3 Å². The van der Waals surface area contributed by atoms with Gasteiger partial charge in [0.1, 0.15) is 42.3 Å². The lowest BCUT2D eigenvalue weighted by atomic mass is 10.0. The highest BCUT2D eigenvalue weighted by molar-refractivity contribution is 5.98.